The summed E-state index contributed by atoms with van der Waals surface area (Å²) < 4.78 is 64.6. The molecule has 0 aliphatic carbocycles. The summed E-state index contributed by atoms with van der Waals surface area (Å²) in [6, 6.07) is 22.0. The molecule has 0 saturated carbocycles. The number of aromatic nitrogens is 7. The first kappa shape index (κ1) is 36.3. The third kappa shape index (κ3) is 15.9. The smallest absolute Gasteiger partial charge is 0.425 e. The number of nitriles is 1. The molecule has 227 valence electrons. The maximum Gasteiger partial charge on any atom is 2.00 e. The van der Waals surface area contributed by atoms with Crippen LogP contribution in [0.4, 0.5) is 25.2 Å². The minimum Gasteiger partial charge on any atom is -0.425 e. The van der Waals surface area contributed by atoms with E-state index in [1.165, 1.54) is 0 Å². The Bertz CT molecular complexity index is 1370. The molecule has 4 heterocycles. The summed E-state index contributed by atoms with van der Waals surface area (Å²) in [6.45, 7) is 8.17. The Labute approximate surface area is 253 Å². The van der Waals surface area contributed by atoms with Crippen molar-refractivity contribution in [3.05, 3.63) is 128 Å². The fourth-order valence-electron chi connectivity index (χ4n) is 2.86. The molecule has 0 N–H and O–H groups in total. The third-order valence-corrected chi connectivity index (χ3v) is 4.53. The summed E-state index contributed by atoms with van der Waals surface area (Å²) in [5.41, 5.74) is 1.80. The first-order chi connectivity index (χ1) is 18.9. The molecule has 0 saturated heterocycles. The molecule has 0 aliphatic rings. The second-order valence-corrected chi connectivity index (χ2v) is 10.7. The largest absolute Gasteiger partial charge is 2.00 e. The van der Waals surface area contributed by atoms with E-state index < -0.39 is 7.81 Å². The van der Waals surface area contributed by atoms with Crippen molar-refractivity contribution in [2.75, 3.05) is 0 Å². The molecule has 5 rings (SSSR count). The maximum atomic E-state index is 9.87. The van der Waals surface area contributed by atoms with Crippen LogP contribution in [-0.4, -0.2) is 41.2 Å². The molecular formula is C25H25BF6N8PPd-2. The second-order valence-electron chi connectivity index (χ2n) is 8.77. The fourth-order valence-corrected chi connectivity index (χ4v) is 2.86. The molecule has 0 aliphatic heterocycles. The Hall–Kier alpha value is -3.77. The Balaban J connectivity index is 0.000000296. The van der Waals surface area contributed by atoms with Crippen LogP contribution in [0.25, 0.3) is 0 Å². The first-order valence-corrected chi connectivity index (χ1v) is 13.6. The molecule has 17 heteroatoms. The van der Waals surface area contributed by atoms with Crippen molar-refractivity contribution in [3.63, 3.8) is 0 Å². The van der Waals surface area contributed by atoms with Crippen molar-refractivity contribution >= 4 is 14.9 Å². The summed E-state index contributed by atoms with van der Waals surface area (Å²) in [5, 5.41) is 20.9. The zero-order valence-electron chi connectivity index (χ0n) is 22.2. The number of hydrogen-bond acceptors (Lipinski definition) is 5. The van der Waals surface area contributed by atoms with Crippen LogP contribution in [0.2, 0.25) is 0 Å². The summed E-state index contributed by atoms with van der Waals surface area (Å²) in [4.78, 5) is 3.74. The first-order valence-electron chi connectivity index (χ1n) is 11.6. The minimum absolute atomic E-state index is 0. The molecule has 0 bridgehead atoms. The van der Waals surface area contributed by atoms with E-state index in [0.717, 1.165) is 5.56 Å². The van der Waals surface area contributed by atoms with Gasteiger partial charge in [-0.2, -0.15) is 46.6 Å². The van der Waals surface area contributed by atoms with E-state index in [1.54, 1.807) is 56.9 Å². The van der Waals surface area contributed by atoms with Crippen molar-refractivity contribution in [1.29, 1.82) is 5.26 Å². The number of rotatable bonds is 4. The van der Waals surface area contributed by atoms with Crippen LogP contribution in [0.5, 0.6) is 0 Å². The number of halogens is 6. The van der Waals surface area contributed by atoms with Gasteiger partial charge in [0, 0.05) is 31.0 Å². The van der Waals surface area contributed by atoms with Gasteiger partial charge in [-0.3, -0.25) is 4.98 Å². The van der Waals surface area contributed by atoms with Gasteiger partial charge in [0.25, 0.3) is 7.12 Å². The molecule has 0 spiro atoms. The SMILES string of the molecule is F[P-](F)(F)(F)(F)F.N#Cc1ccncc1.[CH2-]C(C)(C)c1[c-]cccc1.[Pd+2].c1cnn([B-](n2cccn2)n2cccn2)c1. The molecule has 1 aromatic carbocycles. The number of nitrogens with zero attached hydrogens (tertiary/aromatic N) is 8. The van der Waals surface area contributed by atoms with E-state index in [-0.39, 0.29) is 33.0 Å². The molecule has 0 amide bonds. The zero-order valence-corrected chi connectivity index (χ0v) is 24.7. The zero-order chi connectivity index (χ0) is 30.6. The van der Waals surface area contributed by atoms with Crippen molar-refractivity contribution in [2.24, 2.45) is 0 Å². The summed E-state index contributed by atoms with van der Waals surface area (Å²) in [7, 11) is -10.9. The maximum absolute atomic E-state index is 10.7. The van der Waals surface area contributed by atoms with Gasteiger partial charge in [0.2, 0.25) is 0 Å². The van der Waals surface area contributed by atoms with Crippen LogP contribution in [-0.2, 0) is 25.8 Å². The molecule has 4 aromatic heterocycles. The monoisotopic (exact) mass is 699 g/mol. The second kappa shape index (κ2) is 14.4. The predicted molar refractivity (Wildman–Crippen MR) is 145 cm³/mol. The van der Waals surface area contributed by atoms with Crippen LogP contribution in [0, 0.1) is 24.3 Å². The van der Waals surface area contributed by atoms with Gasteiger partial charge in [-0.25, -0.2) is 15.3 Å². The molecule has 0 fully saturated rings. The molecule has 0 unspecified atom stereocenters. The van der Waals surface area contributed by atoms with Crippen molar-refractivity contribution in [1.82, 2.24) is 34.1 Å². The van der Waals surface area contributed by atoms with Gasteiger partial charge >= 0.3 is 53.4 Å². The Morgan fingerprint density at radius 2 is 1.21 bits per heavy atom. The topological polar surface area (TPSA) is 90.1 Å². The van der Waals surface area contributed by atoms with E-state index in [9.17, 15) is 25.2 Å². The van der Waals surface area contributed by atoms with E-state index in [4.69, 9.17) is 5.26 Å². The molecule has 0 atom stereocenters. The van der Waals surface area contributed by atoms with Crippen LogP contribution in [0.1, 0.15) is 25.0 Å². The number of hydrogen-bond donors (Lipinski definition) is 0. The number of pyridine rings is 1. The van der Waals surface area contributed by atoms with Crippen LogP contribution >= 0.6 is 7.81 Å². The third-order valence-electron chi connectivity index (χ3n) is 4.53. The standard InChI is InChI=1S/C10H12.C9H9BN6.C6H4N2.F6P.Pd/c1-10(2,3)9-7-5-4-6-8-9;1-4-11-14(7-1)10(15-8-2-5-12-15)16-9-3-6-13-16;7-5-6-1-3-8-4-2-6;1-7(2,3,4,5)6;/h4-7H,1H2,2-3H3;1-9H;1-4H;;/q-2;-1;;-1;+2. The summed E-state index contributed by atoms with van der Waals surface area (Å²) >= 11 is 0. The van der Waals surface area contributed by atoms with Gasteiger partial charge in [0.15, 0.2) is 0 Å². The quantitative estimate of drug-likeness (QED) is 0.0862. The van der Waals surface area contributed by atoms with E-state index >= 15 is 0 Å². The minimum atomic E-state index is -10.7. The Morgan fingerprint density at radius 3 is 1.45 bits per heavy atom. The average Bonchev–Trinajstić information content (AvgIpc) is 3.69. The Kier molecular flexibility index (Phi) is 12.4. The van der Waals surface area contributed by atoms with E-state index in [2.05, 4.69) is 47.1 Å². The average molecular weight is 700 g/mol. The van der Waals surface area contributed by atoms with Crippen LogP contribution in [0.3, 0.4) is 0 Å². The summed E-state index contributed by atoms with van der Waals surface area (Å²) in [5.74, 6) is 0. The van der Waals surface area contributed by atoms with Crippen molar-refractivity contribution in [2.45, 2.75) is 19.3 Å². The molecule has 8 nitrogen and oxygen atoms in total. The van der Waals surface area contributed by atoms with Crippen molar-refractivity contribution < 1.29 is 45.6 Å². The fraction of sp³-hybridized carbons (Fsp3) is 0.120. The van der Waals surface area contributed by atoms with Crippen LogP contribution < -0.4 is 0 Å². The molecule has 5 aromatic rings. The van der Waals surface area contributed by atoms with Gasteiger partial charge in [0.05, 0.1) is 11.6 Å². The normalized spacial score (nSPS) is 12.3. The van der Waals surface area contributed by atoms with Gasteiger partial charge < -0.3 is 20.7 Å². The van der Waals surface area contributed by atoms with Crippen molar-refractivity contribution in [3.8, 4) is 6.07 Å². The van der Waals surface area contributed by atoms with Gasteiger partial charge in [0.1, 0.15) is 0 Å². The Morgan fingerprint density at radius 1 is 0.786 bits per heavy atom. The predicted octanol–water partition coefficient (Wildman–Crippen LogP) is 7.14. The van der Waals surface area contributed by atoms with Gasteiger partial charge in [-0.1, -0.05) is 13.8 Å². The molecule has 1 radical (unpaired) electrons. The van der Waals surface area contributed by atoms with Gasteiger partial charge in [-0.15, -0.1) is 0 Å². The number of benzene rings is 1. The van der Waals surface area contributed by atoms with E-state index in [0.29, 0.717) is 5.56 Å². The van der Waals surface area contributed by atoms with E-state index in [1.807, 2.05) is 67.1 Å². The summed E-state index contributed by atoms with van der Waals surface area (Å²) in [6.07, 6.45) is 14.0. The molecule has 42 heavy (non-hydrogen) atoms. The van der Waals surface area contributed by atoms with Crippen LogP contribution in [0.15, 0.2) is 104 Å². The molecular weight excluding hydrogens is 675 g/mol. The van der Waals surface area contributed by atoms with Gasteiger partial charge in [-0.05, 0) is 48.9 Å².